The van der Waals surface area contributed by atoms with Gasteiger partial charge in [-0.25, -0.2) is 9.55 Å². The van der Waals surface area contributed by atoms with Gasteiger partial charge in [0.25, 0.3) is 5.56 Å². The quantitative estimate of drug-likeness (QED) is 0.201. The maximum absolute atomic E-state index is 11.9. The zero-order valence-corrected chi connectivity index (χ0v) is 15.8. The normalized spacial score (nSPS) is 26.0. The van der Waals surface area contributed by atoms with E-state index in [0.717, 1.165) is 6.33 Å². The van der Waals surface area contributed by atoms with Crippen LogP contribution in [0.25, 0.3) is 11.2 Å². The Bertz CT molecular complexity index is 1020. The Hall–Kier alpha value is -2.39. The smallest absolute Gasteiger partial charge is 0.456 e. The van der Waals surface area contributed by atoms with E-state index in [2.05, 4.69) is 19.5 Å². The molecule has 0 radical (unpaired) electrons. The molecule has 16 heteroatoms. The number of rotatable bonds is 6. The number of esters is 1. The molecule has 2 aromatic heterocycles. The van der Waals surface area contributed by atoms with E-state index >= 15 is 0 Å². The molecule has 5 unspecified atom stereocenters. The minimum absolute atomic E-state index is 0.0246. The Morgan fingerprint density at radius 2 is 2.21 bits per heavy atom. The number of nitrogens with one attached hydrogen (secondary N) is 1. The summed E-state index contributed by atoms with van der Waals surface area (Å²) in [5, 5.41) is 10.7. The molecule has 3 heterocycles. The summed E-state index contributed by atoms with van der Waals surface area (Å²) in [6, 6.07) is 0. The minimum Gasteiger partial charge on any atom is -0.456 e. The molecule has 1 aliphatic heterocycles. The first kappa shape index (κ1) is 21.3. The summed E-state index contributed by atoms with van der Waals surface area (Å²) < 4.78 is 27.7. The average molecular weight is 434 g/mol. The summed E-state index contributed by atoms with van der Waals surface area (Å²) in [5.41, 5.74) is 10.0. The number of hydrogen-bond donors (Lipinski definition) is 6. The van der Waals surface area contributed by atoms with Gasteiger partial charge in [0, 0.05) is 0 Å². The van der Waals surface area contributed by atoms with Gasteiger partial charge in [0.2, 0.25) is 5.95 Å². The summed E-state index contributed by atoms with van der Waals surface area (Å²) in [6.45, 7) is 0.755. The van der Waals surface area contributed by atoms with Gasteiger partial charge in [0.1, 0.15) is 12.2 Å². The number of nitrogen functional groups attached to an aromatic ring is 1. The standard InChI is InChI=1S/C13H19N6O9P/c1-4(28-29(23,24)25)8-9(26-5(20)2-14)7(21)12(27-8)19-3-16-6-10(19)17-13(15)18-11(6)22/h3-4,7-9,12,21H,2,14H2,1H3,(H2,23,24,25)(H3,15,17,18,22). The molecule has 0 aromatic carbocycles. The molecule has 15 nitrogen and oxygen atoms in total. The van der Waals surface area contributed by atoms with Gasteiger partial charge in [-0.2, -0.15) is 4.98 Å². The number of H-pyrrole nitrogens is 1. The van der Waals surface area contributed by atoms with Crippen molar-refractivity contribution in [2.75, 3.05) is 12.3 Å². The zero-order chi connectivity index (χ0) is 21.5. The van der Waals surface area contributed by atoms with Crippen LogP contribution in [0.1, 0.15) is 13.2 Å². The number of anilines is 1. The summed E-state index contributed by atoms with van der Waals surface area (Å²) in [4.78, 5) is 51.8. The minimum atomic E-state index is -4.91. The molecule has 5 atom stereocenters. The van der Waals surface area contributed by atoms with Gasteiger partial charge in [-0.3, -0.25) is 23.7 Å². The third-order valence-electron chi connectivity index (χ3n) is 4.17. The summed E-state index contributed by atoms with van der Waals surface area (Å²) in [6.07, 6.45) is -5.68. The van der Waals surface area contributed by atoms with Crippen LogP contribution in [0.2, 0.25) is 0 Å². The van der Waals surface area contributed by atoms with E-state index in [0.29, 0.717) is 0 Å². The largest absolute Gasteiger partial charge is 0.469 e. The van der Waals surface area contributed by atoms with Gasteiger partial charge in [0.05, 0.1) is 19.0 Å². The third kappa shape index (κ3) is 4.30. The van der Waals surface area contributed by atoms with E-state index in [1.54, 1.807) is 0 Å². The first-order valence-corrected chi connectivity index (χ1v) is 9.74. The highest BCUT2D eigenvalue weighted by atomic mass is 31.2. The maximum atomic E-state index is 11.9. The molecule has 0 aliphatic carbocycles. The molecule has 0 amide bonds. The second-order valence-corrected chi connectivity index (χ2v) is 7.41. The number of carbonyl (C=O) groups is 1. The Morgan fingerprint density at radius 1 is 1.52 bits per heavy atom. The van der Waals surface area contributed by atoms with Gasteiger partial charge in [-0.15, -0.1) is 0 Å². The van der Waals surface area contributed by atoms with Crippen LogP contribution in [0.4, 0.5) is 5.95 Å². The molecule has 29 heavy (non-hydrogen) atoms. The second-order valence-electron chi connectivity index (χ2n) is 6.22. The van der Waals surface area contributed by atoms with E-state index in [1.807, 2.05) is 0 Å². The lowest BCUT2D eigenvalue weighted by atomic mass is 10.1. The van der Waals surface area contributed by atoms with E-state index in [1.165, 1.54) is 11.5 Å². The Labute approximate surface area is 161 Å². The molecule has 3 rings (SSSR count). The topological polar surface area (TPSA) is 238 Å². The van der Waals surface area contributed by atoms with Gasteiger partial charge in [0.15, 0.2) is 23.5 Å². The lowest BCUT2D eigenvalue weighted by Crippen LogP contribution is -2.42. The number of imidazole rings is 1. The van der Waals surface area contributed by atoms with Crippen LogP contribution in [-0.2, 0) is 23.4 Å². The number of nitrogens with two attached hydrogens (primary N) is 2. The van der Waals surface area contributed by atoms with Crippen LogP contribution in [-0.4, -0.2) is 71.3 Å². The van der Waals surface area contributed by atoms with Gasteiger partial charge in [-0.05, 0) is 6.92 Å². The summed E-state index contributed by atoms with van der Waals surface area (Å²) >= 11 is 0. The van der Waals surface area contributed by atoms with Crippen molar-refractivity contribution in [3.05, 3.63) is 16.7 Å². The monoisotopic (exact) mass is 434 g/mol. The number of phosphoric ester groups is 1. The molecule has 1 aliphatic rings. The molecule has 160 valence electrons. The van der Waals surface area contributed by atoms with Crippen LogP contribution in [0.15, 0.2) is 11.1 Å². The number of aliphatic hydroxyl groups excluding tert-OH is 1. The van der Waals surface area contributed by atoms with Gasteiger partial charge >= 0.3 is 13.8 Å². The van der Waals surface area contributed by atoms with E-state index in [-0.39, 0.29) is 17.1 Å². The van der Waals surface area contributed by atoms with Gasteiger partial charge in [-0.1, -0.05) is 0 Å². The predicted molar refractivity (Wildman–Crippen MR) is 94.0 cm³/mol. The third-order valence-corrected chi connectivity index (χ3v) is 4.78. The average Bonchev–Trinajstić information content (AvgIpc) is 3.15. The van der Waals surface area contributed by atoms with Crippen molar-refractivity contribution in [3.8, 4) is 0 Å². The molecule has 0 saturated carbocycles. The van der Waals surface area contributed by atoms with E-state index in [4.69, 9.17) is 30.7 Å². The number of fused-ring (bicyclic) bond motifs is 1. The molecule has 0 bridgehead atoms. The highest BCUT2D eigenvalue weighted by Crippen LogP contribution is 2.42. The van der Waals surface area contributed by atoms with E-state index in [9.17, 15) is 19.3 Å². The number of aromatic amines is 1. The highest BCUT2D eigenvalue weighted by Gasteiger charge is 2.51. The van der Waals surface area contributed by atoms with Crippen molar-refractivity contribution in [1.29, 1.82) is 0 Å². The van der Waals surface area contributed by atoms with Crippen LogP contribution in [0.3, 0.4) is 0 Å². The molecule has 2 aromatic rings. The highest BCUT2D eigenvalue weighted by molar-refractivity contribution is 7.46. The number of carbonyl (C=O) groups excluding carboxylic acids is 1. The number of aliphatic hydroxyl groups is 1. The Kier molecular flexibility index (Phi) is 5.73. The summed E-state index contributed by atoms with van der Waals surface area (Å²) in [5.74, 6) is -1.10. The number of hydrogen-bond acceptors (Lipinski definition) is 11. The number of nitrogens with zero attached hydrogens (tertiary/aromatic N) is 3. The fourth-order valence-electron chi connectivity index (χ4n) is 3.03. The molecular weight excluding hydrogens is 415 g/mol. The number of phosphoric acid groups is 1. The Balaban J connectivity index is 1.99. The molecule has 1 saturated heterocycles. The zero-order valence-electron chi connectivity index (χ0n) is 14.9. The number of ether oxygens (including phenoxy) is 2. The van der Waals surface area contributed by atoms with Gasteiger partial charge < -0.3 is 35.8 Å². The Morgan fingerprint density at radius 3 is 2.83 bits per heavy atom. The fourth-order valence-corrected chi connectivity index (χ4v) is 3.58. The fraction of sp³-hybridized carbons (Fsp3) is 0.538. The molecule has 0 spiro atoms. The maximum Gasteiger partial charge on any atom is 0.469 e. The van der Waals surface area contributed by atoms with Crippen LogP contribution < -0.4 is 17.0 Å². The number of aromatic nitrogens is 4. The van der Waals surface area contributed by atoms with Crippen molar-refractivity contribution >= 4 is 30.9 Å². The van der Waals surface area contributed by atoms with Crippen molar-refractivity contribution < 1.29 is 38.3 Å². The van der Waals surface area contributed by atoms with Crippen molar-refractivity contribution in [2.24, 2.45) is 5.73 Å². The first-order valence-electron chi connectivity index (χ1n) is 8.21. The molecular formula is C13H19N6O9P. The molecule has 8 N–H and O–H groups in total. The van der Waals surface area contributed by atoms with Crippen molar-refractivity contribution in [1.82, 2.24) is 19.5 Å². The van der Waals surface area contributed by atoms with Crippen LogP contribution in [0, 0.1) is 0 Å². The lowest BCUT2D eigenvalue weighted by Gasteiger charge is -2.25. The second kappa shape index (κ2) is 7.79. The van der Waals surface area contributed by atoms with E-state index < -0.39 is 56.5 Å². The van der Waals surface area contributed by atoms with Crippen LogP contribution >= 0.6 is 7.82 Å². The van der Waals surface area contributed by atoms with Crippen LogP contribution in [0.5, 0.6) is 0 Å². The SMILES string of the molecule is CC(OP(=O)(O)O)C1OC(n2cnc3c(=O)[nH]c(N)nc32)C(O)C1OC(=O)CN. The van der Waals surface area contributed by atoms with Crippen molar-refractivity contribution in [2.45, 2.75) is 37.6 Å². The molecule has 1 fully saturated rings. The lowest BCUT2D eigenvalue weighted by molar-refractivity contribution is -0.156. The summed E-state index contributed by atoms with van der Waals surface area (Å²) in [7, 11) is -4.91. The van der Waals surface area contributed by atoms with Crippen molar-refractivity contribution in [3.63, 3.8) is 0 Å². The first-order chi connectivity index (χ1) is 13.5. The predicted octanol–water partition coefficient (Wildman–Crippen LogP) is -2.67.